The van der Waals surface area contributed by atoms with Gasteiger partial charge in [-0.25, -0.2) is 0 Å². The molecule has 0 saturated heterocycles. The van der Waals surface area contributed by atoms with Crippen LogP contribution in [0, 0.1) is 0 Å². The summed E-state index contributed by atoms with van der Waals surface area (Å²) >= 11 is 0. The van der Waals surface area contributed by atoms with E-state index in [2.05, 4.69) is 6.92 Å². The second-order valence-electron chi connectivity index (χ2n) is 4.03. The maximum atomic E-state index is 10.5. The monoisotopic (exact) mass is 228 g/mol. The smallest absolute Gasteiger partial charge is 0.305 e. The number of carbonyl (C=O) groups excluding carboxylic acids is 2. The topological polar surface area (TPSA) is 43.4 Å². The Hall–Kier alpha value is -0.860. The van der Waals surface area contributed by atoms with Crippen molar-refractivity contribution in [1.29, 1.82) is 0 Å². The molecule has 0 amide bonds. The molecule has 0 aliphatic heterocycles. The lowest BCUT2D eigenvalue weighted by atomic mass is 10.00. The number of hydrogen-bond donors (Lipinski definition) is 0. The molecule has 16 heavy (non-hydrogen) atoms. The molecule has 0 aromatic carbocycles. The molecule has 0 aromatic rings. The molecule has 0 atom stereocenters. The molecule has 0 radical (unpaired) electrons. The summed E-state index contributed by atoms with van der Waals surface area (Å²) in [6, 6.07) is 0. The van der Waals surface area contributed by atoms with Crippen LogP contribution in [0.3, 0.4) is 0 Å². The molecule has 3 nitrogen and oxygen atoms in total. The number of esters is 1. The summed E-state index contributed by atoms with van der Waals surface area (Å²) in [5.41, 5.74) is 0. The van der Waals surface area contributed by atoms with E-state index in [1.54, 1.807) is 6.92 Å². The highest BCUT2D eigenvalue weighted by molar-refractivity contribution is 5.78. The van der Waals surface area contributed by atoms with Crippen LogP contribution in [0.4, 0.5) is 0 Å². The summed E-state index contributed by atoms with van der Waals surface area (Å²) in [6.45, 7) is 4.46. The van der Waals surface area contributed by atoms with Crippen LogP contribution in [-0.4, -0.2) is 18.4 Å². The van der Waals surface area contributed by atoms with Gasteiger partial charge in [0.05, 0.1) is 6.61 Å². The van der Waals surface area contributed by atoms with Gasteiger partial charge in [0.2, 0.25) is 0 Å². The molecule has 0 spiro atoms. The maximum absolute atomic E-state index is 10.5. The molecule has 3 heteroatoms. The third kappa shape index (κ3) is 9.69. The lowest BCUT2D eigenvalue weighted by molar-refractivity contribution is -0.143. The average molecular weight is 228 g/mol. The number of hydrogen-bond acceptors (Lipinski definition) is 3. The first-order chi connectivity index (χ1) is 7.70. The van der Waals surface area contributed by atoms with E-state index in [9.17, 15) is 9.59 Å². The van der Waals surface area contributed by atoms with Gasteiger partial charge in [-0.15, -0.1) is 0 Å². The van der Waals surface area contributed by atoms with Gasteiger partial charge in [0.1, 0.15) is 5.78 Å². The largest absolute Gasteiger partial charge is 0.466 e. The number of rotatable bonds is 4. The minimum absolute atomic E-state index is 0.0940. The van der Waals surface area contributed by atoms with Crippen molar-refractivity contribution >= 4 is 11.8 Å². The van der Waals surface area contributed by atoms with E-state index in [4.69, 9.17) is 4.74 Å². The Morgan fingerprint density at radius 1 is 1.19 bits per heavy atom. The number of ketones is 1. The van der Waals surface area contributed by atoms with Crippen molar-refractivity contribution in [2.75, 3.05) is 6.61 Å². The van der Waals surface area contributed by atoms with Crippen molar-refractivity contribution < 1.29 is 14.3 Å². The van der Waals surface area contributed by atoms with E-state index in [1.165, 1.54) is 6.42 Å². The zero-order valence-corrected chi connectivity index (χ0v) is 10.6. The minimum atomic E-state index is -0.0940. The Balaban J connectivity index is 0.000000288. The highest BCUT2D eigenvalue weighted by Crippen LogP contribution is 2.12. The average Bonchev–Trinajstić information content (AvgIpc) is 2.31. The van der Waals surface area contributed by atoms with Crippen LogP contribution in [0.15, 0.2) is 0 Å². The predicted molar refractivity (Wildman–Crippen MR) is 64.3 cm³/mol. The molecule has 94 valence electrons. The number of unbranched alkanes of at least 4 members (excludes halogenated alkanes) is 1. The van der Waals surface area contributed by atoms with E-state index in [0.29, 0.717) is 18.8 Å². The standard InChI is InChI=1S/C7H14O2.C6H10O/c1-3-5-6-9-7(8)4-2;7-6-4-2-1-3-5-6/h3-6H2,1-2H3;1-5H2. The third-order valence-corrected chi connectivity index (χ3v) is 2.46. The first-order valence-corrected chi connectivity index (χ1v) is 6.38. The molecular formula is C13H24O3. The van der Waals surface area contributed by atoms with Gasteiger partial charge in [-0.3, -0.25) is 9.59 Å². The van der Waals surface area contributed by atoms with Gasteiger partial charge in [-0.2, -0.15) is 0 Å². The molecule has 1 aliphatic carbocycles. The van der Waals surface area contributed by atoms with Crippen LogP contribution in [-0.2, 0) is 14.3 Å². The number of ether oxygens (including phenoxy) is 1. The van der Waals surface area contributed by atoms with Crippen LogP contribution in [0.2, 0.25) is 0 Å². The van der Waals surface area contributed by atoms with Crippen molar-refractivity contribution in [3.63, 3.8) is 0 Å². The van der Waals surface area contributed by atoms with Gasteiger partial charge in [-0.05, 0) is 19.3 Å². The summed E-state index contributed by atoms with van der Waals surface area (Å²) in [5.74, 6) is 0.370. The lowest BCUT2D eigenvalue weighted by Crippen LogP contribution is -2.02. The Kier molecular flexibility index (Phi) is 10.1. The molecule has 0 heterocycles. The van der Waals surface area contributed by atoms with Crippen molar-refractivity contribution in [3.05, 3.63) is 0 Å². The Labute approximate surface area is 98.6 Å². The van der Waals surface area contributed by atoms with Crippen molar-refractivity contribution in [2.24, 2.45) is 0 Å². The third-order valence-electron chi connectivity index (χ3n) is 2.46. The molecular weight excluding hydrogens is 204 g/mol. The van der Waals surface area contributed by atoms with Crippen LogP contribution in [0.5, 0.6) is 0 Å². The first kappa shape index (κ1) is 15.1. The molecule has 0 bridgehead atoms. The number of Topliss-reactive ketones (excluding diaryl/α,β-unsaturated/α-hetero) is 1. The van der Waals surface area contributed by atoms with Crippen LogP contribution < -0.4 is 0 Å². The van der Waals surface area contributed by atoms with Gasteiger partial charge in [0.25, 0.3) is 0 Å². The number of carbonyl (C=O) groups is 2. The normalized spacial score (nSPS) is 15.0. The molecule has 1 aliphatic rings. The Morgan fingerprint density at radius 3 is 2.19 bits per heavy atom. The summed E-state index contributed by atoms with van der Waals surface area (Å²) in [7, 11) is 0. The highest BCUT2D eigenvalue weighted by atomic mass is 16.5. The Morgan fingerprint density at radius 2 is 1.81 bits per heavy atom. The lowest BCUT2D eigenvalue weighted by Gasteiger charge is -2.05. The summed E-state index contributed by atoms with van der Waals surface area (Å²) in [4.78, 5) is 20.9. The minimum Gasteiger partial charge on any atom is -0.466 e. The van der Waals surface area contributed by atoms with E-state index in [-0.39, 0.29) is 5.97 Å². The predicted octanol–water partition coefficient (Wildman–Crippen LogP) is 3.26. The second kappa shape index (κ2) is 10.7. The fourth-order valence-corrected chi connectivity index (χ4v) is 1.38. The van der Waals surface area contributed by atoms with Gasteiger partial charge in [0.15, 0.2) is 0 Å². The van der Waals surface area contributed by atoms with Crippen LogP contribution in [0.25, 0.3) is 0 Å². The molecule has 0 unspecified atom stereocenters. The summed E-state index contributed by atoms with van der Waals surface area (Å²) < 4.78 is 4.79. The molecule has 0 N–H and O–H groups in total. The summed E-state index contributed by atoms with van der Waals surface area (Å²) in [5, 5.41) is 0. The quantitative estimate of drug-likeness (QED) is 0.548. The van der Waals surface area contributed by atoms with Gasteiger partial charge in [0, 0.05) is 19.3 Å². The van der Waals surface area contributed by atoms with E-state index < -0.39 is 0 Å². The van der Waals surface area contributed by atoms with Gasteiger partial charge in [-0.1, -0.05) is 26.7 Å². The highest BCUT2D eigenvalue weighted by Gasteiger charge is 2.05. The van der Waals surface area contributed by atoms with Gasteiger partial charge < -0.3 is 4.74 Å². The van der Waals surface area contributed by atoms with E-state index in [0.717, 1.165) is 38.5 Å². The van der Waals surface area contributed by atoms with Crippen LogP contribution in [0.1, 0.15) is 65.2 Å². The summed E-state index contributed by atoms with van der Waals surface area (Å²) in [6.07, 6.45) is 7.79. The first-order valence-electron chi connectivity index (χ1n) is 6.38. The molecule has 1 fully saturated rings. The van der Waals surface area contributed by atoms with Crippen molar-refractivity contribution in [1.82, 2.24) is 0 Å². The second-order valence-corrected chi connectivity index (χ2v) is 4.03. The van der Waals surface area contributed by atoms with Gasteiger partial charge >= 0.3 is 5.97 Å². The van der Waals surface area contributed by atoms with E-state index in [1.807, 2.05) is 0 Å². The SMILES string of the molecule is CCCCOC(=O)CC.O=C1CCCCC1. The van der Waals surface area contributed by atoms with Crippen LogP contribution >= 0.6 is 0 Å². The zero-order chi connectivity index (χ0) is 12.2. The maximum Gasteiger partial charge on any atom is 0.305 e. The Bertz CT molecular complexity index is 191. The van der Waals surface area contributed by atoms with Crippen molar-refractivity contribution in [3.8, 4) is 0 Å². The molecule has 1 rings (SSSR count). The van der Waals surface area contributed by atoms with E-state index >= 15 is 0 Å². The zero-order valence-electron chi connectivity index (χ0n) is 10.6. The van der Waals surface area contributed by atoms with Crippen molar-refractivity contribution in [2.45, 2.75) is 65.2 Å². The molecule has 0 aromatic heterocycles. The fourth-order valence-electron chi connectivity index (χ4n) is 1.38. The fraction of sp³-hybridized carbons (Fsp3) is 0.846. The molecule has 1 saturated carbocycles.